The van der Waals surface area contributed by atoms with E-state index in [2.05, 4.69) is 80.2 Å². The standard InChI is InChI=1S/C26H19N5/c1-3-7-24(26-28-30-31-29-26)21(5-1)15-13-19-9-11-20(12-10-19)14-17-23-18-16-22-6-2-4-8-25(22)27-23/h1-18H,(H,28,29,30,31)/b15-13+,17-14+. The number of nitrogens with one attached hydrogen (secondary N) is 1. The van der Waals surface area contributed by atoms with E-state index in [1.54, 1.807) is 0 Å². The van der Waals surface area contributed by atoms with Gasteiger partial charge in [0.15, 0.2) is 0 Å². The van der Waals surface area contributed by atoms with Crippen molar-refractivity contribution in [2.75, 3.05) is 0 Å². The van der Waals surface area contributed by atoms with Crippen LogP contribution in [0.15, 0.2) is 84.9 Å². The third-order valence-electron chi connectivity index (χ3n) is 5.01. The van der Waals surface area contributed by atoms with E-state index in [4.69, 9.17) is 0 Å². The minimum Gasteiger partial charge on any atom is -0.248 e. The van der Waals surface area contributed by atoms with Gasteiger partial charge in [0, 0.05) is 10.9 Å². The van der Waals surface area contributed by atoms with Gasteiger partial charge in [-0.3, -0.25) is 0 Å². The Labute approximate surface area is 179 Å². The van der Waals surface area contributed by atoms with Crippen LogP contribution in [-0.4, -0.2) is 25.6 Å². The molecule has 0 aliphatic heterocycles. The molecule has 31 heavy (non-hydrogen) atoms. The number of nitrogens with zero attached hydrogens (tertiary/aromatic N) is 4. The minimum atomic E-state index is 0.586. The molecule has 2 heterocycles. The maximum atomic E-state index is 4.69. The average Bonchev–Trinajstić information content (AvgIpc) is 3.37. The molecule has 3 aromatic carbocycles. The third kappa shape index (κ3) is 4.31. The van der Waals surface area contributed by atoms with Gasteiger partial charge >= 0.3 is 0 Å². The molecule has 0 aliphatic rings. The largest absolute Gasteiger partial charge is 0.248 e. The van der Waals surface area contributed by atoms with Gasteiger partial charge in [-0.1, -0.05) is 91.0 Å². The zero-order chi connectivity index (χ0) is 20.9. The fraction of sp³-hybridized carbons (Fsp3) is 0. The summed E-state index contributed by atoms with van der Waals surface area (Å²) in [7, 11) is 0. The summed E-state index contributed by atoms with van der Waals surface area (Å²) in [5, 5.41) is 15.5. The number of aromatic nitrogens is 5. The number of fused-ring (bicyclic) bond motifs is 1. The van der Waals surface area contributed by atoms with Crippen LogP contribution < -0.4 is 0 Å². The summed E-state index contributed by atoms with van der Waals surface area (Å²) in [4.78, 5) is 4.69. The summed E-state index contributed by atoms with van der Waals surface area (Å²) in [6.45, 7) is 0. The molecule has 1 N–H and O–H groups in total. The van der Waals surface area contributed by atoms with Crippen molar-refractivity contribution in [2.24, 2.45) is 0 Å². The zero-order valence-corrected chi connectivity index (χ0v) is 16.7. The number of H-pyrrole nitrogens is 1. The molecule has 0 saturated carbocycles. The van der Waals surface area contributed by atoms with Crippen molar-refractivity contribution >= 4 is 35.2 Å². The second-order valence-electron chi connectivity index (χ2n) is 7.08. The van der Waals surface area contributed by atoms with Gasteiger partial charge in [0.2, 0.25) is 5.82 Å². The van der Waals surface area contributed by atoms with Crippen molar-refractivity contribution in [3.05, 3.63) is 107 Å². The lowest BCUT2D eigenvalue weighted by atomic mass is 10.0. The van der Waals surface area contributed by atoms with Gasteiger partial charge < -0.3 is 0 Å². The smallest absolute Gasteiger partial charge is 0.205 e. The summed E-state index contributed by atoms with van der Waals surface area (Å²) in [5.41, 5.74) is 6.17. The van der Waals surface area contributed by atoms with E-state index in [1.165, 1.54) is 0 Å². The predicted octanol–water partition coefficient (Wildman–Crippen LogP) is 5.76. The summed E-state index contributed by atoms with van der Waals surface area (Å²) < 4.78 is 0. The molecule has 0 amide bonds. The molecule has 0 aliphatic carbocycles. The van der Waals surface area contributed by atoms with Crippen molar-refractivity contribution in [3.63, 3.8) is 0 Å². The van der Waals surface area contributed by atoms with Gasteiger partial charge in [0.05, 0.1) is 11.2 Å². The second kappa shape index (κ2) is 8.55. The van der Waals surface area contributed by atoms with Crippen molar-refractivity contribution in [3.8, 4) is 11.4 Å². The Hall–Kier alpha value is -4.38. The number of para-hydroxylation sites is 1. The lowest BCUT2D eigenvalue weighted by molar-refractivity contribution is 0.881. The topological polar surface area (TPSA) is 67.3 Å². The highest BCUT2D eigenvalue weighted by Crippen LogP contribution is 2.21. The highest BCUT2D eigenvalue weighted by Gasteiger charge is 2.06. The van der Waals surface area contributed by atoms with Gasteiger partial charge in [-0.2, -0.15) is 5.21 Å². The number of hydrogen-bond acceptors (Lipinski definition) is 4. The van der Waals surface area contributed by atoms with Crippen molar-refractivity contribution in [2.45, 2.75) is 0 Å². The minimum absolute atomic E-state index is 0.586. The Balaban J connectivity index is 1.32. The molecule has 5 aromatic rings. The second-order valence-corrected chi connectivity index (χ2v) is 7.08. The van der Waals surface area contributed by atoms with Crippen LogP contribution in [0.5, 0.6) is 0 Å². The molecule has 0 fully saturated rings. The predicted molar refractivity (Wildman–Crippen MR) is 126 cm³/mol. The molecule has 0 saturated heterocycles. The van der Waals surface area contributed by atoms with E-state index in [9.17, 15) is 0 Å². The summed E-state index contributed by atoms with van der Waals surface area (Å²) in [6, 6.07) is 28.7. The first kappa shape index (κ1) is 18.6. The Morgan fingerprint density at radius 3 is 2.19 bits per heavy atom. The van der Waals surface area contributed by atoms with Crippen molar-refractivity contribution in [1.82, 2.24) is 25.6 Å². The Bertz CT molecular complexity index is 1370. The van der Waals surface area contributed by atoms with E-state index in [-0.39, 0.29) is 0 Å². The van der Waals surface area contributed by atoms with E-state index in [1.807, 2.05) is 54.6 Å². The Kier molecular flexibility index (Phi) is 5.14. The van der Waals surface area contributed by atoms with Gasteiger partial charge in [0.25, 0.3) is 0 Å². The SMILES string of the molecule is C(=C\c1ccc2ccccc2n1)/c1ccc(/C=C/c2ccccc2-c2nn[nH]n2)cc1. The molecule has 5 heteroatoms. The molecular formula is C26H19N5. The van der Waals surface area contributed by atoms with Crippen LogP contribution in [0.2, 0.25) is 0 Å². The molecule has 5 rings (SSSR count). The van der Waals surface area contributed by atoms with Crippen molar-refractivity contribution in [1.29, 1.82) is 0 Å². The Morgan fingerprint density at radius 2 is 1.39 bits per heavy atom. The first-order chi connectivity index (χ1) is 15.3. The van der Waals surface area contributed by atoms with E-state index < -0.39 is 0 Å². The van der Waals surface area contributed by atoms with E-state index in [0.29, 0.717) is 5.82 Å². The first-order valence-corrected chi connectivity index (χ1v) is 10.00. The molecule has 0 spiro atoms. The highest BCUT2D eigenvalue weighted by atomic mass is 15.5. The van der Waals surface area contributed by atoms with Crippen LogP contribution in [-0.2, 0) is 0 Å². The van der Waals surface area contributed by atoms with Crippen LogP contribution in [0, 0.1) is 0 Å². The lowest BCUT2D eigenvalue weighted by Crippen LogP contribution is -1.85. The summed E-state index contributed by atoms with van der Waals surface area (Å²) in [6.07, 6.45) is 8.27. The number of hydrogen-bond donors (Lipinski definition) is 1. The average molecular weight is 401 g/mol. The fourth-order valence-electron chi connectivity index (χ4n) is 3.38. The fourth-order valence-corrected chi connectivity index (χ4v) is 3.38. The number of pyridine rings is 1. The van der Waals surface area contributed by atoms with Gasteiger partial charge in [-0.05, 0) is 40.1 Å². The maximum absolute atomic E-state index is 4.69. The van der Waals surface area contributed by atoms with E-state index >= 15 is 0 Å². The number of tetrazole rings is 1. The Morgan fingerprint density at radius 1 is 0.645 bits per heavy atom. The molecule has 148 valence electrons. The lowest BCUT2D eigenvalue weighted by Gasteiger charge is -2.01. The molecular weight excluding hydrogens is 382 g/mol. The molecule has 0 radical (unpaired) electrons. The maximum Gasteiger partial charge on any atom is 0.205 e. The molecule has 5 nitrogen and oxygen atoms in total. The first-order valence-electron chi connectivity index (χ1n) is 10.00. The molecule has 0 atom stereocenters. The van der Waals surface area contributed by atoms with Gasteiger partial charge in [-0.25, -0.2) is 4.98 Å². The van der Waals surface area contributed by atoms with Crippen LogP contribution in [0.25, 0.3) is 46.6 Å². The zero-order valence-electron chi connectivity index (χ0n) is 16.7. The molecule has 0 bridgehead atoms. The number of aromatic amines is 1. The van der Waals surface area contributed by atoms with Crippen LogP contribution in [0.4, 0.5) is 0 Å². The molecule has 2 aromatic heterocycles. The van der Waals surface area contributed by atoms with E-state index in [0.717, 1.165) is 38.9 Å². The summed E-state index contributed by atoms with van der Waals surface area (Å²) >= 11 is 0. The van der Waals surface area contributed by atoms with Crippen LogP contribution in [0.1, 0.15) is 22.4 Å². The normalized spacial score (nSPS) is 11.6. The van der Waals surface area contributed by atoms with Gasteiger partial charge in [-0.15, -0.1) is 10.2 Å². The third-order valence-corrected chi connectivity index (χ3v) is 5.01. The molecule has 0 unspecified atom stereocenters. The highest BCUT2D eigenvalue weighted by molar-refractivity contribution is 5.81. The van der Waals surface area contributed by atoms with Crippen LogP contribution >= 0.6 is 0 Å². The summed E-state index contributed by atoms with van der Waals surface area (Å²) in [5.74, 6) is 0.586. The van der Waals surface area contributed by atoms with Crippen LogP contribution in [0.3, 0.4) is 0 Å². The number of benzene rings is 3. The van der Waals surface area contributed by atoms with Gasteiger partial charge in [0.1, 0.15) is 0 Å². The van der Waals surface area contributed by atoms with Crippen molar-refractivity contribution < 1.29 is 0 Å². The number of rotatable bonds is 5. The monoisotopic (exact) mass is 401 g/mol. The quantitative estimate of drug-likeness (QED) is 0.381.